The summed E-state index contributed by atoms with van der Waals surface area (Å²) in [5.74, 6) is 0.0294. The number of aromatic amines is 1. The van der Waals surface area contributed by atoms with Crippen molar-refractivity contribution in [1.29, 1.82) is 0 Å². The van der Waals surface area contributed by atoms with Crippen molar-refractivity contribution in [3.8, 4) is 0 Å². The summed E-state index contributed by atoms with van der Waals surface area (Å²) in [6.45, 7) is 0.510. The molecule has 0 radical (unpaired) electrons. The molecule has 2 aromatic rings. The van der Waals surface area contributed by atoms with Gasteiger partial charge in [-0.1, -0.05) is 23.4 Å². The van der Waals surface area contributed by atoms with E-state index in [9.17, 15) is 9.59 Å². The lowest BCUT2D eigenvalue weighted by atomic mass is 9.89. The van der Waals surface area contributed by atoms with Crippen molar-refractivity contribution in [3.63, 3.8) is 0 Å². The summed E-state index contributed by atoms with van der Waals surface area (Å²) in [6.07, 6.45) is 1.55. The van der Waals surface area contributed by atoms with Crippen molar-refractivity contribution in [2.75, 3.05) is 18.5 Å². The van der Waals surface area contributed by atoms with Crippen LogP contribution in [0, 0.1) is 0 Å². The van der Waals surface area contributed by atoms with E-state index in [-0.39, 0.29) is 18.2 Å². The molecule has 2 heterocycles. The van der Waals surface area contributed by atoms with Crippen LogP contribution in [0.1, 0.15) is 30.1 Å². The van der Waals surface area contributed by atoms with Gasteiger partial charge in [0.25, 0.3) is 0 Å². The maximum atomic E-state index is 12.4. The topological polar surface area (TPSA) is 104 Å². The number of benzene rings is 1. The second kappa shape index (κ2) is 6.55. The van der Waals surface area contributed by atoms with Gasteiger partial charge in [-0.05, 0) is 18.1 Å². The molecule has 0 fully saturated rings. The second-order valence-corrected chi connectivity index (χ2v) is 5.49. The Hall–Kier alpha value is -2.77. The highest BCUT2D eigenvalue weighted by Crippen LogP contribution is 2.34. The number of aromatic nitrogens is 4. The summed E-state index contributed by atoms with van der Waals surface area (Å²) in [5, 5.41) is 16.5. The van der Waals surface area contributed by atoms with Gasteiger partial charge in [-0.3, -0.25) is 9.59 Å². The molecule has 1 aromatic carbocycles. The van der Waals surface area contributed by atoms with Crippen molar-refractivity contribution >= 4 is 17.5 Å². The van der Waals surface area contributed by atoms with Gasteiger partial charge < -0.3 is 10.2 Å². The number of aryl methyl sites for hydroxylation is 1. The van der Waals surface area contributed by atoms with Crippen molar-refractivity contribution in [1.82, 2.24) is 25.9 Å². The summed E-state index contributed by atoms with van der Waals surface area (Å²) in [4.78, 5) is 26.1. The Morgan fingerprint density at radius 1 is 1.43 bits per heavy atom. The maximum Gasteiger partial charge on any atom is 0.228 e. The molecule has 0 saturated heterocycles. The van der Waals surface area contributed by atoms with Crippen LogP contribution in [0.25, 0.3) is 0 Å². The van der Waals surface area contributed by atoms with Gasteiger partial charge in [-0.25, -0.2) is 0 Å². The minimum atomic E-state index is -0.430. The Kier molecular flexibility index (Phi) is 4.31. The second-order valence-electron chi connectivity index (χ2n) is 5.49. The van der Waals surface area contributed by atoms with Gasteiger partial charge in [0.15, 0.2) is 5.82 Å². The average Bonchev–Trinajstić information content (AvgIpc) is 3.08. The molecular formula is C15H18N6O2. The van der Waals surface area contributed by atoms with Crippen LogP contribution in [0.15, 0.2) is 24.3 Å². The number of anilines is 1. The molecule has 1 aliphatic rings. The van der Waals surface area contributed by atoms with Crippen LogP contribution in [0.3, 0.4) is 0 Å². The molecule has 120 valence electrons. The fourth-order valence-corrected chi connectivity index (χ4v) is 2.75. The van der Waals surface area contributed by atoms with E-state index in [1.54, 1.807) is 11.9 Å². The Bertz CT molecular complexity index is 700. The van der Waals surface area contributed by atoms with Crippen molar-refractivity contribution < 1.29 is 9.59 Å². The van der Waals surface area contributed by atoms with E-state index >= 15 is 0 Å². The van der Waals surface area contributed by atoms with Crippen LogP contribution in [0.2, 0.25) is 0 Å². The first-order valence-corrected chi connectivity index (χ1v) is 7.52. The maximum absolute atomic E-state index is 12.4. The Labute approximate surface area is 133 Å². The minimum Gasteiger partial charge on any atom is -0.356 e. The SMILES string of the molecule is CN1C(=O)CC(C(=O)NCCCc2nn[nH]n2)c2ccccc21. The minimum absolute atomic E-state index is 0.0457. The van der Waals surface area contributed by atoms with Gasteiger partial charge in [-0.15, -0.1) is 10.2 Å². The first-order valence-electron chi connectivity index (χ1n) is 7.52. The van der Waals surface area contributed by atoms with E-state index in [0.717, 1.165) is 11.3 Å². The standard InChI is InChI=1S/C15H18N6O2/c1-21-12-6-3-2-5-10(12)11(9-14(21)22)15(23)16-8-4-7-13-17-19-20-18-13/h2-3,5-6,11H,4,7-9H2,1H3,(H,16,23)(H,17,18,19,20). The fourth-order valence-electron chi connectivity index (χ4n) is 2.75. The molecule has 1 aromatic heterocycles. The molecule has 2 N–H and O–H groups in total. The third-order valence-corrected chi connectivity index (χ3v) is 4.01. The van der Waals surface area contributed by atoms with Crippen LogP contribution >= 0.6 is 0 Å². The van der Waals surface area contributed by atoms with Crippen LogP contribution in [-0.4, -0.2) is 46.0 Å². The number of hydrogen-bond acceptors (Lipinski definition) is 5. The predicted octanol–water partition coefficient (Wildman–Crippen LogP) is 0.399. The molecule has 0 bridgehead atoms. The van der Waals surface area contributed by atoms with E-state index in [2.05, 4.69) is 25.9 Å². The zero-order valence-electron chi connectivity index (χ0n) is 12.8. The summed E-state index contributed by atoms with van der Waals surface area (Å²) >= 11 is 0. The lowest BCUT2D eigenvalue weighted by Crippen LogP contribution is -2.39. The lowest BCUT2D eigenvalue weighted by molar-refractivity contribution is -0.127. The summed E-state index contributed by atoms with van der Waals surface area (Å²) in [7, 11) is 1.74. The van der Waals surface area contributed by atoms with Crippen LogP contribution in [-0.2, 0) is 16.0 Å². The normalized spacial score (nSPS) is 17.0. The van der Waals surface area contributed by atoms with Gasteiger partial charge in [0.1, 0.15) is 0 Å². The number of amides is 2. The van der Waals surface area contributed by atoms with Crippen molar-refractivity contribution in [2.24, 2.45) is 0 Å². The smallest absolute Gasteiger partial charge is 0.228 e. The molecule has 1 unspecified atom stereocenters. The van der Waals surface area contributed by atoms with Gasteiger partial charge >= 0.3 is 0 Å². The summed E-state index contributed by atoms with van der Waals surface area (Å²) in [5.41, 5.74) is 1.70. The zero-order valence-corrected chi connectivity index (χ0v) is 12.8. The quantitative estimate of drug-likeness (QED) is 0.777. The summed E-state index contributed by atoms with van der Waals surface area (Å²) in [6, 6.07) is 7.53. The number of H-pyrrole nitrogens is 1. The molecule has 2 amide bonds. The number of para-hydroxylation sites is 1. The molecule has 0 spiro atoms. The molecule has 23 heavy (non-hydrogen) atoms. The molecule has 0 aliphatic carbocycles. The average molecular weight is 314 g/mol. The number of carbonyl (C=O) groups is 2. The molecular weight excluding hydrogens is 296 g/mol. The number of hydrogen-bond donors (Lipinski definition) is 2. The zero-order chi connectivity index (χ0) is 16.2. The van der Waals surface area contributed by atoms with E-state index in [1.165, 1.54) is 0 Å². The molecule has 8 nitrogen and oxygen atoms in total. The van der Waals surface area contributed by atoms with E-state index in [4.69, 9.17) is 0 Å². The fraction of sp³-hybridized carbons (Fsp3) is 0.400. The third kappa shape index (κ3) is 3.20. The molecule has 1 aliphatic heterocycles. The van der Waals surface area contributed by atoms with Gasteiger partial charge in [0.05, 0.1) is 5.92 Å². The number of rotatable bonds is 5. The molecule has 1 atom stereocenters. The number of fused-ring (bicyclic) bond motifs is 1. The highest BCUT2D eigenvalue weighted by Gasteiger charge is 2.33. The predicted molar refractivity (Wildman–Crippen MR) is 82.7 cm³/mol. The first kappa shape index (κ1) is 15.1. The Morgan fingerprint density at radius 2 is 2.26 bits per heavy atom. The Balaban J connectivity index is 1.61. The lowest BCUT2D eigenvalue weighted by Gasteiger charge is -2.30. The van der Waals surface area contributed by atoms with Crippen LogP contribution < -0.4 is 10.2 Å². The van der Waals surface area contributed by atoms with Crippen LogP contribution in [0.5, 0.6) is 0 Å². The van der Waals surface area contributed by atoms with E-state index in [1.807, 2.05) is 24.3 Å². The number of nitrogens with zero attached hydrogens (tertiary/aromatic N) is 4. The molecule has 0 saturated carbocycles. The van der Waals surface area contributed by atoms with Gasteiger partial charge in [0, 0.05) is 32.1 Å². The van der Waals surface area contributed by atoms with E-state index in [0.29, 0.717) is 25.2 Å². The molecule has 3 rings (SSSR count). The van der Waals surface area contributed by atoms with E-state index < -0.39 is 5.92 Å². The Morgan fingerprint density at radius 3 is 3.04 bits per heavy atom. The molecule has 8 heteroatoms. The third-order valence-electron chi connectivity index (χ3n) is 4.01. The highest BCUT2D eigenvalue weighted by atomic mass is 16.2. The number of nitrogens with one attached hydrogen (secondary N) is 2. The van der Waals surface area contributed by atoms with Crippen LogP contribution in [0.4, 0.5) is 5.69 Å². The monoisotopic (exact) mass is 314 g/mol. The number of carbonyl (C=O) groups excluding carboxylic acids is 2. The van der Waals surface area contributed by atoms with Gasteiger partial charge in [-0.2, -0.15) is 5.21 Å². The van der Waals surface area contributed by atoms with Gasteiger partial charge in [0.2, 0.25) is 11.8 Å². The first-order chi connectivity index (χ1) is 11.2. The number of tetrazole rings is 1. The summed E-state index contributed by atoms with van der Waals surface area (Å²) < 4.78 is 0. The largest absolute Gasteiger partial charge is 0.356 e. The van der Waals surface area contributed by atoms with Crippen molar-refractivity contribution in [3.05, 3.63) is 35.7 Å². The highest BCUT2D eigenvalue weighted by molar-refractivity contribution is 6.02. The van der Waals surface area contributed by atoms with Crippen molar-refractivity contribution in [2.45, 2.75) is 25.2 Å².